The number of aliphatic hydroxyl groups is 1. The van der Waals surface area contributed by atoms with E-state index in [1.54, 1.807) is 32.0 Å². The molecule has 0 bridgehead atoms. The number of aromatic hydroxyl groups is 1. The van der Waals surface area contributed by atoms with Crippen molar-refractivity contribution in [1.29, 1.82) is 0 Å². The van der Waals surface area contributed by atoms with Crippen molar-refractivity contribution >= 4 is 22.4 Å². The highest BCUT2D eigenvalue weighted by Gasteiger charge is 2.43. The highest BCUT2D eigenvalue weighted by atomic mass is 19.3. The quantitative estimate of drug-likeness (QED) is 0.565. The first-order valence-corrected chi connectivity index (χ1v) is 10.3. The van der Waals surface area contributed by atoms with Crippen molar-refractivity contribution in [1.82, 2.24) is 15.2 Å². The maximum absolute atomic E-state index is 14.1. The smallest absolute Gasteiger partial charge is 0.310 e. The van der Waals surface area contributed by atoms with Gasteiger partial charge in [0.2, 0.25) is 5.88 Å². The molecule has 0 unspecified atom stereocenters. The topological polar surface area (TPSA) is 104 Å². The normalized spacial score (nSPS) is 19.2. The first-order chi connectivity index (χ1) is 15.1. The zero-order valence-corrected chi connectivity index (χ0v) is 17.9. The zero-order valence-electron chi connectivity index (χ0n) is 17.9. The van der Waals surface area contributed by atoms with Gasteiger partial charge in [0, 0.05) is 24.0 Å². The standard InChI is InChI=1S/C22H23F2N5O3/c1-11(13-5-4-6-15-18(13)32-10-22(15,23)24)25-19-14-7-16(29-8-21(3,31)9-29)20(30)26-17(14)12(2)27-28-19/h4-7,11,31H,8-10H2,1-3H3,(H,25,28)(H,26,30)/t11-/m1/s1. The van der Waals surface area contributed by atoms with Gasteiger partial charge in [0.05, 0.1) is 22.9 Å². The van der Waals surface area contributed by atoms with Gasteiger partial charge in [-0.3, -0.25) is 0 Å². The molecule has 1 aromatic carbocycles. The number of rotatable bonds is 4. The molecule has 1 saturated heterocycles. The Morgan fingerprint density at radius 3 is 2.72 bits per heavy atom. The highest BCUT2D eigenvalue weighted by molar-refractivity contribution is 5.94. The van der Waals surface area contributed by atoms with Crippen molar-refractivity contribution in [3.63, 3.8) is 0 Å². The van der Waals surface area contributed by atoms with E-state index in [0.717, 1.165) is 0 Å². The van der Waals surface area contributed by atoms with Crippen molar-refractivity contribution in [3.8, 4) is 11.6 Å². The number of ether oxygens (including phenoxy) is 1. The third kappa shape index (κ3) is 3.26. The van der Waals surface area contributed by atoms with Crippen LogP contribution in [0.3, 0.4) is 0 Å². The first kappa shape index (κ1) is 20.6. The molecule has 8 nitrogen and oxygen atoms in total. The average Bonchev–Trinajstić information content (AvgIpc) is 3.03. The lowest BCUT2D eigenvalue weighted by atomic mass is 9.96. The van der Waals surface area contributed by atoms with E-state index in [2.05, 4.69) is 20.5 Å². The predicted molar refractivity (Wildman–Crippen MR) is 114 cm³/mol. The maximum Gasteiger partial charge on any atom is 0.310 e. The molecule has 0 spiro atoms. The molecule has 10 heteroatoms. The summed E-state index contributed by atoms with van der Waals surface area (Å²) in [5.74, 6) is -2.59. The molecular weight excluding hydrogens is 420 g/mol. The van der Waals surface area contributed by atoms with Crippen LogP contribution >= 0.6 is 0 Å². The molecule has 1 atom stereocenters. The van der Waals surface area contributed by atoms with Crippen LogP contribution < -0.4 is 15.0 Å². The second-order valence-electron chi connectivity index (χ2n) is 8.80. The molecule has 5 rings (SSSR count). The fourth-order valence-electron chi connectivity index (χ4n) is 4.33. The molecule has 4 heterocycles. The number of para-hydroxylation sites is 1. The molecule has 0 saturated carbocycles. The third-order valence-electron chi connectivity index (χ3n) is 5.94. The molecular formula is C22H23F2N5O3. The molecule has 1 fully saturated rings. The van der Waals surface area contributed by atoms with Gasteiger partial charge in [-0.05, 0) is 32.9 Å². The lowest BCUT2D eigenvalue weighted by Gasteiger charge is -2.45. The largest absolute Gasteiger partial charge is 0.492 e. The minimum Gasteiger partial charge on any atom is -0.492 e. The number of alkyl halides is 2. The van der Waals surface area contributed by atoms with Crippen LogP contribution in [0.2, 0.25) is 0 Å². The van der Waals surface area contributed by atoms with Crippen LogP contribution in [0.1, 0.15) is 36.7 Å². The summed E-state index contributed by atoms with van der Waals surface area (Å²) < 4.78 is 33.5. The molecule has 2 aromatic heterocycles. The van der Waals surface area contributed by atoms with Gasteiger partial charge >= 0.3 is 5.92 Å². The van der Waals surface area contributed by atoms with Gasteiger partial charge in [0.1, 0.15) is 17.0 Å². The minimum absolute atomic E-state index is 0.123. The molecule has 0 radical (unpaired) electrons. The zero-order chi connectivity index (χ0) is 22.8. The summed E-state index contributed by atoms with van der Waals surface area (Å²) in [6, 6.07) is 6.03. The van der Waals surface area contributed by atoms with Crippen LogP contribution in [0.25, 0.3) is 10.9 Å². The number of halogens is 2. The number of nitrogens with zero attached hydrogens (tertiary/aromatic N) is 4. The van der Waals surface area contributed by atoms with Crippen LogP contribution in [0.5, 0.6) is 11.6 Å². The van der Waals surface area contributed by atoms with Crippen molar-refractivity contribution in [2.24, 2.45) is 0 Å². The van der Waals surface area contributed by atoms with Gasteiger partial charge in [-0.15, -0.1) is 5.10 Å². The van der Waals surface area contributed by atoms with E-state index in [9.17, 15) is 19.0 Å². The van der Waals surface area contributed by atoms with E-state index >= 15 is 0 Å². The number of hydrogen-bond acceptors (Lipinski definition) is 8. The summed E-state index contributed by atoms with van der Waals surface area (Å²) in [6.07, 6.45) is 0. The van der Waals surface area contributed by atoms with Gasteiger partial charge in [0.25, 0.3) is 0 Å². The van der Waals surface area contributed by atoms with Crippen molar-refractivity contribution in [2.75, 3.05) is 29.9 Å². The highest BCUT2D eigenvalue weighted by Crippen LogP contribution is 2.45. The Labute approximate surface area is 182 Å². The maximum atomic E-state index is 14.1. The number of aryl methyl sites for hydroxylation is 1. The lowest BCUT2D eigenvalue weighted by molar-refractivity contribution is -0.0214. The molecule has 0 amide bonds. The minimum atomic E-state index is -3.02. The molecule has 32 heavy (non-hydrogen) atoms. The molecule has 2 aliphatic rings. The fraction of sp³-hybridized carbons (Fsp3) is 0.409. The number of nitrogens with one attached hydrogen (secondary N) is 1. The summed E-state index contributed by atoms with van der Waals surface area (Å²) >= 11 is 0. The number of pyridine rings is 1. The first-order valence-electron chi connectivity index (χ1n) is 10.3. The molecule has 3 N–H and O–H groups in total. The molecule has 0 aliphatic carbocycles. The Kier molecular flexibility index (Phi) is 4.42. The molecule has 2 aliphatic heterocycles. The summed E-state index contributed by atoms with van der Waals surface area (Å²) in [4.78, 5) is 6.13. The van der Waals surface area contributed by atoms with Crippen molar-refractivity contribution in [3.05, 3.63) is 41.1 Å². The average molecular weight is 443 g/mol. The second kappa shape index (κ2) is 6.86. The summed E-state index contributed by atoms with van der Waals surface area (Å²) in [6.45, 7) is 5.35. The van der Waals surface area contributed by atoms with Gasteiger partial charge in [-0.2, -0.15) is 13.9 Å². The van der Waals surface area contributed by atoms with Crippen LogP contribution in [-0.2, 0) is 5.92 Å². The van der Waals surface area contributed by atoms with E-state index in [4.69, 9.17) is 4.74 Å². The number of aromatic nitrogens is 3. The number of β-amino-alcohol motifs (C(OH)–C–C–N with tert-alkyl or cyclic N) is 1. The van der Waals surface area contributed by atoms with E-state index in [1.165, 1.54) is 6.07 Å². The Morgan fingerprint density at radius 2 is 2.00 bits per heavy atom. The number of fused-ring (bicyclic) bond motifs is 2. The summed E-state index contributed by atoms with van der Waals surface area (Å²) in [5, 5.41) is 32.8. The van der Waals surface area contributed by atoms with Crippen LogP contribution in [0.4, 0.5) is 20.3 Å². The summed E-state index contributed by atoms with van der Waals surface area (Å²) in [7, 11) is 0. The SMILES string of the molecule is Cc1nnc(N[C@H](C)c2cccc3c2OCC3(F)F)c2cc(N3CC(C)(O)C3)c(O)nc12. The lowest BCUT2D eigenvalue weighted by Crippen LogP contribution is -2.60. The predicted octanol–water partition coefficient (Wildman–Crippen LogP) is 3.27. The molecule has 3 aromatic rings. The number of anilines is 2. The van der Waals surface area contributed by atoms with Gasteiger partial charge in [0.15, 0.2) is 12.4 Å². The van der Waals surface area contributed by atoms with Crippen LogP contribution in [-0.4, -0.2) is 50.7 Å². The van der Waals surface area contributed by atoms with E-state index in [-0.39, 0.29) is 17.2 Å². The monoisotopic (exact) mass is 443 g/mol. The van der Waals surface area contributed by atoms with Gasteiger partial charge < -0.3 is 25.2 Å². The summed E-state index contributed by atoms with van der Waals surface area (Å²) in [5.41, 5.74) is 1.14. The Hall–Kier alpha value is -3.27. The Bertz CT molecular complexity index is 1230. The van der Waals surface area contributed by atoms with Crippen LogP contribution in [0, 0.1) is 6.92 Å². The van der Waals surface area contributed by atoms with Crippen molar-refractivity contribution < 1.29 is 23.7 Å². The second-order valence-corrected chi connectivity index (χ2v) is 8.80. The third-order valence-corrected chi connectivity index (χ3v) is 5.94. The number of hydrogen-bond donors (Lipinski definition) is 3. The number of benzene rings is 1. The van der Waals surface area contributed by atoms with Crippen molar-refractivity contribution in [2.45, 2.75) is 38.3 Å². The fourth-order valence-corrected chi connectivity index (χ4v) is 4.33. The van der Waals surface area contributed by atoms with E-state index in [0.29, 0.717) is 46.8 Å². The Morgan fingerprint density at radius 1 is 1.25 bits per heavy atom. The van der Waals surface area contributed by atoms with Gasteiger partial charge in [-0.25, -0.2) is 4.98 Å². The van der Waals surface area contributed by atoms with Gasteiger partial charge in [-0.1, -0.05) is 12.1 Å². The van der Waals surface area contributed by atoms with E-state index < -0.39 is 24.2 Å². The molecule has 168 valence electrons. The Balaban J connectivity index is 1.52. The van der Waals surface area contributed by atoms with E-state index in [1.807, 2.05) is 11.8 Å². The van der Waals surface area contributed by atoms with Crippen LogP contribution in [0.15, 0.2) is 24.3 Å².